The molecule has 33 N–H and O–H groups in total. The van der Waals surface area contributed by atoms with E-state index >= 15 is 0 Å². The number of hydrogen-bond acceptors (Lipinski definition) is 29. The quantitative estimate of drug-likeness (QED) is 0.0633. The number of aliphatic hydroxyl groups is 1. The van der Waals surface area contributed by atoms with Crippen LogP contribution in [-0.2, 0) is 95.9 Å². The van der Waals surface area contributed by atoms with Gasteiger partial charge in [0.25, 0.3) is 0 Å². The van der Waals surface area contributed by atoms with Crippen molar-refractivity contribution in [2.45, 2.75) is 309 Å². The molecule has 772 valence electrons. The third-order valence-corrected chi connectivity index (χ3v) is 12.9. The first-order valence-corrected chi connectivity index (χ1v) is 40.7. The highest BCUT2D eigenvalue weighted by atomic mass is 16.5. The van der Waals surface area contributed by atoms with Gasteiger partial charge in [0.2, 0.25) is 17.7 Å². The van der Waals surface area contributed by atoms with Crippen molar-refractivity contribution in [3.05, 3.63) is 108 Å². The third-order valence-electron chi connectivity index (χ3n) is 12.9. The fourth-order valence-corrected chi connectivity index (χ4v) is 5.73. The van der Waals surface area contributed by atoms with E-state index in [2.05, 4.69) is 242 Å². The molecule has 0 radical (unpaired) electrons. The van der Waals surface area contributed by atoms with Crippen LogP contribution in [0.3, 0.4) is 0 Å². The highest BCUT2D eigenvalue weighted by molar-refractivity contribution is 5.92. The zero-order valence-corrected chi connectivity index (χ0v) is 88.6. The standard InChI is InChI=1S/C19H35N3O3.3C8H10.C6H14O.4C5H12.C3H8O.2C2H6.6CH5N.12CH2O.6H3N/c1-6-13(3)16(20-15(5)23)18(24)21-17(14(4)7-2)19(25)22-11-9-8-10-12-22;3*1-2-8-6-4-3-5-7-8;1-5-7-6(2,3)4;4*1-4-5(2)3;1-3(2)4;20*1-2;;;;;;/h13-14,16-17H,6-12H2,1-5H3,(H,20,23)(H,21,24);3*3-7H,2H2,1H3;5H2,1-4H3;4*5H,4H2,1-3H3;3-4H,1-2H3;2*1-2H3;6*2H2,1H3;12*1H2;6*1H3/t13-,14-,16-,17-;;;;;;;;;;;;;;;;;;;;;;;;;;;;;;;;;;;/m0.................................../s1. The van der Waals surface area contributed by atoms with Crippen LogP contribution in [-0.4, -0.2) is 195 Å². The molecule has 3 aromatic rings. The molecule has 1 aliphatic rings. The van der Waals surface area contributed by atoms with E-state index < -0.39 is 12.1 Å². The second kappa shape index (κ2) is 252. The molecule has 0 saturated carbocycles. The molecule has 1 heterocycles. The maximum atomic E-state index is 12.9. The van der Waals surface area contributed by atoms with Crippen LogP contribution in [0.5, 0.6) is 0 Å². The summed E-state index contributed by atoms with van der Waals surface area (Å²) >= 11 is 0. The van der Waals surface area contributed by atoms with Crippen molar-refractivity contribution < 1.29 is 81.8 Å². The number of rotatable bonds is 16. The van der Waals surface area contributed by atoms with Gasteiger partial charge in [-0.25, -0.2) is 0 Å². The summed E-state index contributed by atoms with van der Waals surface area (Å²) in [6, 6.07) is 30.2. The molecule has 0 spiro atoms. The number of piperidine rings is 1. The van der Waals surface area contributed by atoms with Crippen molar-refractivity contribution in [2.24, 2.45) is 69.9 Å². The Morgan fingerprint density at radius 1 is 0.349 bits per heavy atom. The maximum absolute atomic E-state index is 12.9. The Bertz CT molecular complexity index is 1840. The van der Waals surface area contributed by atoms with Crippen molar-refractivity contribution >= 4 is 99.2 Å². The Balaban J connectivity index is -0.0000000257. The van der Waals surface area contributed by atoms with Gasteiger partial charge in [-0.3, -0.25) is 14.4 Å². The van der Waals surface area contributed by atoms with Gasteiger partial charge in [-0.15, -0.1) is 0 Å². The number of nitrogens with one attached hydrogen (secondary N) is 2. The van der Waals surface area contributed by atoms with Gasteiger partial charge in [-0.2, -0.15) is 0 Å². The van der Waals surface area contributed by atoms with E-state index in [0.29, 0.717) is 0 Å². The largest absolute Gasteiger partial charge is 0.394 e. The molecule has 3 amide bonds. The number of hydrogen-bond donors (Lipinski definition) is 15. The highest BCUT2D eigenvalue weighted by Crippen LogP contribution is 2.17. The van der Waals surface area contributed by atoms with Gasteiger partial charge in [0.15, 0.2) is 0 Å². The molecule has 0 aromatic heterocycles. The van der Waals surface area contributed by atoms with Gasteiger partial charge >= 0.3 is 0 Å². The van der Waals surface area contributed by atoms with Crippen molar-refractivity contribution in [1.82, 2.24) is 52.4 Å². The summed E-state index contributed by atoms with van der Waals surface area (Å²) in [6.07, 6.45) is 13.2. The molecule has 32 nitrogen and oxygen atoms in total. The molecule has 32 heteroatoms. The summed E-state index contributed by atoms with van der Waals surface area (Å²) in [5.74, 6) is 3.10. The minimum absolute atomic E-state index is 0. The molecule has 1 aliphatic heterocycles. The second-order valence-corrected chi connectivity index (χ2v) is 23.7. The molecule has 4 atom stereocenters. The molecule has 1 saturated heterocycles. The lowest BCUT2D eigenvalue weighted by molar-refractivity contribution is -0.139. The van der Waals surface area contributed by atoms with Crippen LogP contribution in [0.15, 0.2) is 91.0 Å². The van der Waals surface area contributed by atoms with Crippen molar-refractivity contribution in [3.8, 4) is 0 Å². The zero-order valence-electron chi connectivity index (χ0n) is 88.6. The Labute approximate surface area is 777 Å². The highest BCUT2D eigenvalue weighted by Gasteiger charge is 2.34. The molecule has 1 fully saturated rings. The van der Waals surface area contributed by atoms with Crippen molar-refractivity contribution in [1.29, 1.82) is 0 Å². The molecule has 0 aliphatic carbocycles. The van der Waals surface area contributed by atoms with Gasteiger partial charge in [-0.1, -0.05) is 289 Å². The first-order chi connectivity index (χ1) is 57.5. The number of nitrogens with two attached hydrogens (primary N) is 6. The summed E-state index contributed by atoms with van der Waals surface area (Å²) in [5, 5.41) is 13.7. The monoisotopic (exact) mass is 1830 g/mol. The molecular formula is C94H219N15O17. The topological polar surface area (TPSA) is 679 Å². The van der Waals surface area contributed by atoms with Gasteiger partial charge in [0, 0.05) is 32.7 Å². The van der Waals surface area contributed by atoms with Gasteiger partial charge < -0.3 is 154 Å². The zero-order chi connectivity index (χ0) is 103. The first kappa shape index (κ1) is 218. The predicted molar refractivity (Wildman–Crippen MR) is 555 cm³/mol. The Hall–Kier alpha value is -8.45. The summed E-state index contributed by atoms with van der Waals surface area (Å²) in [6.45, 7) is 88.3. The number of nitrogens with zero attached hydrogens (tertiary/aromatic N) is 1. The van der Waals surface area contributed by atoms with Crippen LogP contribution >= 0.6 is 0 Å². The number of aryl methyl sites for hydroxylation is 3. The minimum Gasteiger partial charge on any atom is -0.394 e. The number of amides is 3. The van der Waals surface area contributed by atoms with E-state index in [1.807, 2.05) is 167 Å². The number of carbonyl (C=O) groups is 15. The van der Waals surface area contributed by atoms with Gasteiger partial charge in [-0.05, 0) is 175 Å². The summed E-state index contributed by atoms with van der Waals surface area (Å²) in [5.41, 5.74) is 31.3. The normalized spacial score (nSPS) is 8.84. The number of benzene rings is 3. The molecule has 0 bridgehead atoms. The average molecular weight is 1830 g/mol. The summed E-state index contributed by atoms with van der Waals surface area (Å²) in [7, 11) is 9.00. The van der Waals surface area contributed by atoms with E-state index in [1.54, 1.807) is 13.8 Å². The van der Waals surface area contributed by atoms with Crippen molar-refractivity contribution in [3.63, 3.8) is 0 Å². The van der Waals surface area contributed by atoms with Crippen LogP contribution in [0, 0.1) is 35.5 Å². The Kier molecular flexibility index (Phi) is 437. The number of carbonyl (C=O) groups excluding carboxylic acids is 15. The molecule has 0 unspecified atom stereocenters. The van der Waals surface area contributed by atoms with E-state index in [1.165, 1.54) is 91.6 Å². The molecule has 4 rings (SSSR count). The third kappa shape index (κ3) is 280. The van der Waals surface area contributed by atoms with Crippen LogP contribution < -0.4 is 81.9 Å². The van der Waals surface area contributed by atoms with Crippen molar-refractivity contribution in [2.75, 3.05) is 62.0 Å². The van der Waals surface area contributed by atoms with E-state index in [0.717, 1.165) is 94.7 Å². The fourth-order valence-electron chi connectivity index (χ4n) is 5.73. The summed E-state index contributed by atoms with van der Waals surface area (Å²) in [4.78, 5) is 135. The number of ether oxygens (including phenoxy) is 1. The van der Waals surface area contributed by atoms with E-state index in [9.17, 15) is 14.4 Å². The summed E-state index contributed by atoms with van der Waals surface area (Å²) < 4.78 is 5.23. The molecule has 3 aromatic carbocycles. The first-order valence-electron chi connectivity index (χ1n) is 40.7. The molecule has 126 heavy (non-hydrogen) atoms. The average Bonchev–Trinajstić information content (AvgIpc) is 0.840. The second-order valence-electron chi connectivity index (χ2n) is 23.7. The lowest BCUT2D eigenvalue weighted by Crippen LogP contribution is -2.58. The Morgan fingerprint density at radius 3 is 0.643 bits per heavy atom. The van der Waals surface area contributed by atoms with E-state index in [4.69, 9.17) is 67.4 Å². The minimum atomic E-state index is -0.608. The van der Waals surface area contributed by atoms with Crippen LogP contribution in [0.1, 0.15) is 282 Å². The lowest BCUT2D eigenvalue weighted by atomic mass is 9.94. The van der Waals surface area contributed by atoms with Crippen LogP contribution in [0.4, 0.5) is 0 Å². The predicted octanol–water partition coefficient (Wildman–Crippen LogP) is 17.5. The van der Waals surface area contributed by atoms with Gasteiger partial charge in [0.05, 0.1) is 5.60 Å². The van der Waals surface area contributed by atoms with Crippen LogP contribution in [0.2, 0.25) is 0 Å². The Morgan fingerprint density at radius 2 is 0.524 bits per heavy atom. The lowest BCUT2D eigenvalue weighted by Gasteiger charge is -2.34. The SMILES string of the molecule is C=O.C=O.C=O.C=O.C=O.C=O.C=O.C=O.C=O.C=O.C=O.C=O.CC.CC.CC(C)O.CCC(C)C.CCC(C)C.CCC(C)C.CCC(C)C.CCOC(C)(C)C.CC[C@H](C)[C@H](NC(C)=O)C(=O)N[C@H](C(=O)N1CCCCC1)[C@@H](C)CC.CCc1ccccc1.CCc1ccccc1.CCc1ccccc1.CN.CN.CN.CN.CN.CN.N.N.N.N.N.N. The van der Waals surface area contributed by atoms with Gasteiger partial charge in [0.1, 0.15) is 93.6 Å². The smallest absolute Gasteiger partial charge is 0.245 e. The van der Waals surface area contributed by atoms with Crippen LogP contribution in [0.25, 0.3) is 0 Å². The maximum Gasteiger partial charge on any atom is 0.245 e. The fraction of sp³-hybridized carbons (Fsp3) is 0.649. The molecular weight excluding hydrogens is 1610 g/mol. The van der Waals surface area contributed by atoms with E-state index in [-0.39, 0.29) is 78.2 Å². The number of aliphatic hydroxyl groups excluding tert-OH is 1. The number of likely N-dealkylation sites (tertiary alicyclic amines) is 1.